The van der Waals surface area contributed by atoms with Crippen molar-refractivity contribution in [2.75, 3.05) is 45.9 Å². The number of hydrogen-bond donors (Lipinski definition) is 3. The Morgan fingerprint density at radius 1 is 1.27 bits per heavy atom. The number of rotatable bonds is 12. The van der Waals surface area contributed by atoms with Crippen molar-refractivity contribution >= 4 is 0 Å². The highest BCUT2D eigenvalue weighted by atomic mass is 19.1. The Morgan fingerprint density at radius 3 is 2.87 bits per heavy atom. The van der Waals surface area contributed by atoms with Gasteiger partial charge in [-0.2, -0.15) is 0 Å². The first-order chi connectivity index (χ1) is 14.6. The molecule has 3 rings (SSSR count). The smallest absolute Gasteiger partial charge is 0.127 e. The molecule has 3 N–H and O–H groups in total. The van der Waals surface area contributed by atoms with E-state index >= 15 is 0 Å². The topological polar surface area (TPSA) is 43.3 Å². The molecule has 0 saturated carbocycles. The molecule has 1 saturated heterocycles. The van der Waals surface area contributed by atoms with Crippen LogP contribution in [0.3, 0.4) is 0 Å². The molecule has 1 aromatic carbocycles. The average Bonchev–Trinajstić information content (AvgIpc) is 3.17. The summed E-state index contributed by atoms with van der Waals surface area (Å²) in [6.45, 7) is 11.9. The molecule has 5 nitrogen and oxygen atoms in total. The fourth-order valence-electron chi connectivity index (χ4n) is 4.12. The molecule has 2 atom stereocenters. The zero-order chi connectivity index (χ0) is 21.2. The van der Waals surface area contributed by atoms with Crippen LogP contribution in [0.5, 0.6) is 0 Å². The second kappa shape index (κ2) is 12.0. The number of halogens is 1. The molecule has 0 spiro atoms. The van der Waals surface area contributed by atoms with Gasteiger partial charge in [0.05, 0.1) is 18.9 Å². The van der Waals surface area contributed by atoms with E-state index in [1.54, 1.807) is 17.0 Å². The van der Waals surface area contributed by atoms with Gasteiger partial charge in [0.15, 0.2) is 0 Å². The number of nitrogens with one attached hydrogen (secondary N) is 2. The van der Waals surface area contributed by atoms with Crippen LogP contribution in [-0.4, -0.2) is 61.7 Å². The third-order valence-corrected chi connectivity index (χ3v) is 5.86. The summed E-state index contributed by atoms with van der Waals surface area (Å²) in [7, 11) is 0. The summed E-state index contributed by atoms with van der Waals surface area (Å²) in [6, 6.07) is 11.0. The normalized spacial score (nSPS) is 17.0. The van der Waals surface area contributed by atoms with Gasteiger partial charge in [-0.3, -0.25) is 0 Å². The fourth-order valence-corrected chi connectivity index (χ4v) is 4.12. The molecule has 0 amide bonds. The molecule has 1 fully saturated rings. The van der Waals surface area contributed by atoms with E-state index in [2.05, 4.69) is 23.4 Å². The van der Waals surface area contributed by atoms with Crippen molar-refractivity contribution in [3.63, 3.8) is 0 Å². The van der Waals surface area contributed by atoms with Crippen molar-refractivity contribution in [2.24, 2.45) is 0 Å². The second-order valence-electron chi connectivity index (χ2n) is 8.27. The van der Waals surface area contributed by atoms with Gasteiger partial charge in [-0.1, -0.05) is 18.2 Å². The Morgan fingerprint density at radius 2 is 2.10 bits per heavy atom. The van der Waals surface area contributed by atoms with Crippen LogP contribution in [0.4, 0.5) is 4.39 Å². The summed E-state index contributed by atoms with van der Waals surface area (Å²) in [5.41, 5.74) is 2.17. The highest BCUT2D eigenvalue weighted by molar-refractivity contribution is 5.18. The van der Waals surface area contributed by atoms with Gasteiger partial charge < -0.3 is 24.2 Å². The Kier molecular flexibility index (Phi) is 9.08. The Hall–Kier alpha value is -1.99. The van der Waals surface area contributed by atoms with E-state index in [1.165, 1.54) is 16.7 Å². The molecular weight excluding hydrogens is 381 g/mol. The van der Waals surface area contributed by atoms with Crippen LogP contribution in [-0.2, 0) is 17.8 Å². The third-order valence-electron chi connectivity index (χ3n) is 5.86. The first kappa shape index (κ1) is 22.7. The standard InChI is InChI=1S/C24H34FN3O2/c1-2-3-9-24(29)20-27(12-11-26-13-15-30-16-14-26)19-23-8-5-10-28(23)18-21-6-4-7-22(25)17-21/h2,4-8,10,17,24,29H,1,3,9,11-16,18-20H2/p+2/t24-/m1/s1. The molecule has 2 aromatic rings. The van der Waals surface area contributed by atoms with Gasteiger partial charge in [0.2, 0.25) is 0 Å². The Labute approximate surface area is 179 Å². The van der Waals surface area contributed by atoms with Gasteiger partial charge in [-0.25, -0.2) is 4.39 Å². The second-order valence-corrected chi connectivity index (χ2v) is 8.27. The van der Waals surface area contributed by atoms with Gasteiger partial charge in [0.25, 0.3) is 0 Å². The van der Waals surface area contributed by atoms with Crippen LogP contribution in [0.15, 0.2) is 55.3 Å². The van der Waals surface area contributed by atoms with E-state index in [9.17, 15) is 9.50 Å². The zero-order valence-corrected chi connectivity index (χ0v) is 17.9. The lowest BCUT2D eigenvalue weighted by Gasteiger charge is -2.27. The molecule has 1 aliphatic heterocycles. The summed E-state index contributed by atoms with van der Waals surface area (Å²) >= 11 is 0. The van der Waals surface area contributed by atoms with Crippen LogP contribution >= 0.6 is 0 Å². The van der Waals surface area contributed by atoms with Crippen LogP contribution in [0.25, 0.3) is 0 Å². The molecule has 0 aliphatic carbocycles. The van der Waals surface area contributed by atoms with Crippen molar-refractivity contribution in [3.05, 3.63) is 72.3 Å². The van der Waals surface area contributed by atoms with Crippen LogP contribution in [0, 0.1) is 5.82 Å². The average molecular weight is 418 g/mol. The van der Waals surface area contributed by atoms with Gasteiger partial charge in [-0.05, 0) is 42.7 Å². The largest absolute Gasteiger partial charge is 0.387 e. The summed E-state index contributed by atoms with van der Waals surface area (Å²) in [4.78, 5) is 2.96. The number of morpholine rings is 1. The minimum Gasteiger partial charge on any atom is -0.387 e. The highest BCUT2D eigenvalue weighted by Gasteiger charge is 2.21. The van der Waals surface area contributed by atoms with E-state index in [0.717, 1.165) is 70.9 Å². The summed E-state index contributed by atoms with van der Waals surface area (Å²) in [5.74, 6) is -0.202. The Balaban J connectivity index is 1.63. The predicted octanol–water partition coefficient (Wildman–Crippen LogP) is 0.303. The number of aromatic nitrogens is 1. The molecule has 1 aliphatic rings. The lowest BCUT2D eigenvalue weighted by atomic mass is 10.1. The Bertz CT molecular complexity index is 773. The number of aliphatic hydroxyl groups is 1. The quantitative estimate of drug-likeness (QED) is 0.435. The van der Waals surface area contributed by atoms with Crippen molar-refractivity contribution in [1.82, 2.24) is 4.57 Å². The lowest BCUT2D eigenvalue weighted by Crippen LogP contribution is -3.21. The van der Waals surface area contributed by atoms with Gasteiger partial charge in [-0.15, -0.1) is 6.58 Å². The number of aliphatic hydroxyl groups excluding tert-OH is 1. The minimum absolute atomic E-state index is 0.202. The molecule has 164 valence electrons. The van der Waals surface area contributed by atoms with Crippen molar-refractivity contribution in [3.8, 4) is 0 Å². The number of benzene rings is 1. The number of hydrogen-bond acceptors (Lipinski definition) is 2. The van der Waals surface area contributed by atoms with Crippen molar-refractivity contribution in [2.45, 2.75) is 32.0 Å². The highest BCUT2D eigenvalue weighted by Crippen LogP contribution is 2.09. The van der Waals surface area contributed by atoms with Crippen LogP contribution in [0.1, 0.15) is 24.1 Å². The van der Waals surface area contributed by atoms with E-state index in [1.807, 2.05) is 18.2 Å². The van der Waals surface area contributed by atoms with E-state index in [0.29, 0.717) is 6.54 Å². The maximum atomic E-state index is 13.6. The fraction of sp³-hybridized carbons (Fsp3) is 0.500. The zero-order valence-electron chi connectivity index (χ0n) is 17.9. The van der Waals surface area contributed by atoms with Gasteiger partial charge in [0, 0.05) is 12.7 Å². The van der Waals surface area contributed by atoms with E-state index < -0.39 is 0 Å². The maximum absolute atomic E-state index is 13.6. The summed E-state index contributed by atoms with van der Waals surface area (Å²) in [5, 5.41) is 10.5. The maximum Gasteiger partial charge on any atom is 0.127 e. The molecular formula is C24H36FN3O2+2. The number of allylic oxidation sites excluding steroid dienone is 1. The van der Waals surface area contributed by atoms with Crippen LogP contribution in [0.2, 0.25) is 0 Å². The number of quaternary nitrogens is 2. The lowest BCUT2D eigenvalue weighted by molar-refractivity contribution is -0.969. The number of ether oxygens (including phenoxy) is 1. The SMILES string of the molecule is C=CCC[C@@H](O)C[NH+](CC[NH+]1CCOCC1)Cc1cccn1Cc1cccc(F)c1. The first-order valence-corrected chi connectivity index (χ1v) is 11.1. The molecule has 1 aromatic heterocycles. The molecule has 0 radical (unpaired) electrons. The van der Waals surface area contributed by atoms with Crippen LogP contribution < -0.4 is 9.80 Å². The van der Waals surface area contributed by atoms with Gasteiger partial charge in [0.1, 0.15) is 51.2 Å². The van der Waals surface area contributed by atoms with Gasteiger partial charge >= 0.3 is 0 Å². The van der Waals surface area contributed by atoms with E-state index in [4.69, 9.17) is 4.74 Å². The summed E-state index contributed by atoms with van der Waals surface area (Å²) in [6.07, 6.45) is 5.18. The van der Waals surface area contributed by atoms with Crippen molar-refractivity contribution < 1.29 is 24.0 Å². The third kappa shape index (κ3) is 7.36. The predicted molar refractivity (Wildman–Crippen MR) is 116 cm³/mol. The van der Waals surface area contributed by atoms with E-state index in [-0.39, 0.29) is 11.9 Å². The molecule has 0 bridgehead atoms. The number of nitrogens with zero attached hydrogens (tertiary/aromatic N) is 1. The first-order valence-electron chi connectivity index (χ1n) is 11.1. The molecule has 6 heteroatoms. The van der Waals surface area contributed by atoms with Crippen molar-refractivity contribution in [1.29, 1.82) is 0 Å². The molecule has 2 heterocycles. The molecule has 30 heavy (non-hydrogen) atoms. The minimum atomic E-state index is -0.329. The monoisotopic (exact) mass is 417 g/mol. The molecule has 1 unspecified atom stereocenters. The summed E-state index contributed by atoms with van der Waals surface area (Å²) < 4.78 is 21.2.